The predicted octanol–water partition coefficient (Wildman–Crippen LogP) is 1.80. The van der Waals surface area contributed by atoms with E-state index in [-0.39, 0.29) is 24.1 Å². The summed E-state index contributed by atoms with van der Waals surface area (Å²) in [6.45, 7) is -0.288. The van der Waals surface area contributed by atoms with Crippen LogP contribution in [0.1, 0.15) is 37.5 Å². The van der Waals surface area contributed by atoms with Crippen LogP contribution in [-0.4, -0.2) is 40.0 Å². The largest absolute Gasteiger partial charge is 0.282 e. The molecule has 11 heteroatoms. The number of nitrogens with zero attached hydrogens (tertiary/aromatic N) is 2. The fraction of sp³-hybridized carbons (Fsp3) is 0.111. The van der Waals surface area contributed by atoms with Crippen LogP contribution in [0, 0.1) is 10.1 Å². The average molecular weight is 461 g/mol. The first-order chi connectivity index (χ1) is 13.8. The fourth-order valence-electron chi connectivity index (χ4n) is 2.75. The first-order valence-electron chi connectivity index (χ1n) is 8.28. The number of nitro groups is 1. The van der Waals surface area contributed by atoms with Crippen molar-refractivity contribution in [3.63, 3.8) is 0 Å². The molecule has 0 aromatic heterocycles. The second kappa shape index (κ2) is 8.19. The van der Waals surface area contributed by atoms with Crippen LogP contribution < -0.4 is 10.9 Å². The maximum Gasteiger partial charge on any atom is 0.282 e. The smallest absolute Gasteiger partial charge is 0.274 e. The molecule has 0 spiro atoms. The van der Waals surface area contributed by atoms with Crippen molar-refractivity contribution in [1.82, 2.24) is 15.8 Å². The van der Waals surface area contributed by atoms with Crippen LogP contribution in [0.15, 0.2) is 46.9 Å². The summed E-state index contributed by atoms with van der Waals surface area (Å²) in [5.41, 5.74) is 3.91. The number of nitrogens with one attached hydrogen (secondary N) is 2. The number of amides is 4. The number of imide groups is 1. The zero-order valence-corrected chi connectivity index (χ0v) is 16.3. The zero-order chi connectivity index (χ0) is 21.1. The topological polar surface area (TPSA) is 139 Å². The van der Waals surface area contributed by atoms with Gasteiger partial charge >= 0.3 is 0 Å². The molecule has 2 N–H and O–H groups in total. The van der Waals surface area contributed by atoms with E-state index >= 15 is 0 Å². The third kappa shape index (κ3) is 4.14. The van der Waals surface area contributed by atoms with Gasteiger partial charge in [-0.25, -0.2) is 0 Å². The lowest BCUT2D eigenvalue weighted by atomic mass is 10.1. The summed E-state index contributed by atoms with van der Waals surface area (Å²) in [6, 6.07) is 10.2. The van der Waals surface area contributed by atoms with Crippen molar-refractivity contribution in [2.45, 2.75) is 6.42 Å². The SMILES string of the molecule is O=C(CCN1C(=O)c2cccc([N+](=O)[O-])c2C1=O)NNC(=O)c1ccc(Br)cc1. The molecule has 148 valence electrons. The molecule has 1 aliphatic heterocycles. The average Bonchev–Trinajstić information content (AvgIpc) is 2.95. The van der Waals surface area contributed by atoms with Crippen molar-refractivity contribution in [3.05, 3.63) is 73.7 Å². The van der Waals surface area contributed by atoms with Gasteiger partial charge in [0.2, 0.25) is 5.91 Å². The summed E-state index contributed by atoms with van der Waals surface area (Å²) in [6.07, 6.45) is -0.292. The van der Waals surface area contributed by atoms with Crippen LogP contribution in [0.25, 0.3) is 0 Å². The molecule has 0 bridgehead atoms. The van der Waals surface area contributed by atoms with E-state index in [0.29, 0.717) is 5.56 Å². The van der Waals surface area contributed by atoms with Gasteiger partial charge in [-0.05, 0) is 30.3 Å². The maximum atomic E-state index is 12.4. The minimum atomic E-state index is -0.830. The standard InChI is InChI=1S/C18H13BrN4O6/c19-11-6-4-10(5-7-11)16(25)21-20-14(24)8-9-22-17(26)12-2-1-3-13(23(28)29)15(12)18(22)27/h1-7H,8-9H2,(H,20,24)(H,21,25). The van der Waals surface area contributed by atoms with Crippen molar-refractivity contribution < 1.29 is 24.1 Å². The number of benzene rings is 2. The van der Waals surface area contributed by atoms with E-state index in [9.17, 15) is 29.3 Å². The maximum absolute atomic E-state index is 12.4. The van der Waals surface area contributed by atoms with Gasteiger partial charge in [-0.15, -0.1) is 0 Å². The predicted molar refractivity (Wildman–Crippen MR) is 103 cm³/mol. The van der Waals surface area contributed by atoms with Gasteiger partial charge in [0.25, 0.3) is 23.4 Å². The highest BCUT2D eigenvalue weighted by atomic mass is 79.9. The molecule has 0 saturated carbocycles. The molecule has 0 atom stereocenters. The molecule has 1 heterocycles. The molecule has 4 amide bonds. The van der Waals surface area contributed by atoms with Crippen LogP contribution in [0.3, 0.4) is 0 Å². The van der Waals surface area contributed by atoms with Crippen LogP contribution in [0.4, 0.5) is 5.69 Å². The van der Waals surface area contributed by atoms with Crippen LogP contribution >= 0.6 is 15.9 Å². The van der Waals surface area contributed by atoms with Gasteiger partial charge in [-0.2, -0.15) is 0 Å². The van der Waals surface area contributed by atoms with Crippen molar-refractivity contribution in [2.75, 3.05) is 6.54 Å². The highest BCUT2D eigenvalue weighted by Gasteiger charge is 2.40. The number of carbonyl (C=O) groups is 4. The van der Waals surface area contributed by atoms with Crippen LogP contribution in [-0.2, 0) is 4.79 Å². The van der Waals surface area contributed by atoms with Gasteiger partial charge in [0.1, 0.15) is 5.56 Å². The van der Waals surface area contributed by atoms with Gasteiger partial charge in [0, 0.05) is 29.1 Å². The molecule has 1 aliphatic rings. The lowest BCUT2D eigenvalue weighted by Gasteiger charge is -2.13. The van der Waals surface area contributed by atoms with E-state index in [4.69, 9.17) is 0 Å². The molecule has 0 saturated heterocycles. The third-order valence-corrected chi connectivity index (χ3v) is 4.69. The minimum Gasteiger partial charge on any atom is -0.274 e. The summed E-state index contributed by atoms with van der Waals surface area (Å²) in [5.74, 6) is -2.71. The molecular weight excluding hydrogens is 448 g/mol. The first kappa shape index (κ1) is 20.1. The molecule has 29 heavy (non-hydrogen) atoms. The molecule has 3 rings (SSSR count). The quantitative estimate of drug-likeness (QED) is 0.396. The highest BCUT2D eigenvalue weighted by Crippen LogP contribution is 2.30. The summed E-state index contributed by atoms with van der Waals surface area (Å²) < 4.78 is 0.791. The van der Waals surface area contributed by atoms with Gasteiger partial charge in [0.05, 0.1) is 10.5 Å². The monoisotopic (exact) mass is 460 g/mol. The normalized spacial score (nSPS) is 12.5. The van der Waals surface area contributed by atoms with Gasteiger partial charge in [-0.3, -0.25) is 45.0 Å². The van der Waals surface area contributed by atoms with E-state index in [0.717, 1.165) is 15.4 Å². The molecule has 10 nitrogen and oxygen atoms in total. The summed E-state index contributed by atoms with van der Waals surface area (Å²) in [5, 5.41) is 11.1. The number of hydrazine groups is 1. The lowest BCUT2D eigenvalue weighted by Crippen LogP contribution is -2.43. The van der Waals surface area contributed by atoms with Crippen molar-refractivity contribution in [1.29, 1.82) is 0 Å². The number of hydrogen-bond acceptors (Lipinski definition) is 6. The summed E-state index contributed by atoms with van der Waals surface area (Å²) >= 11 is 3.24. The van der Waals surface area contributed by atoms with Crippen molar-refractivity contribution in [3.8, 4) is 0 Å². The van der Waals surface area contributed by atoms with E-state index in [1.807, 2.05) is 0 Å². The number of nitro benzene ring substituents is 1. The van der Waals surface area contributed by atoms with E-state index in [2.05, 4.69) is 26.8 Å². The third-order valence-electron chi connectivity index (χ3n) is 4.16. The second-order valence-electron chi connectivity index (χ2n) is 5.98. The number of rotatable bonds is 5. The molecule has 0 aliphatic carbocycles. The Balaban J connectivity index is 1.58. The Kier molecular flexibility index (Phi) is 5.69. The molecule has 0 unspecified atom stereocenters. The van der Waals surface area contributed by atoms with E-state index in [1.165, 1.54) is 12.1 Å². The summed E-state index contributed by atoms with van der Waals surface area (Å²) in [4.78, 5) is 59.8. The second-order valence-corrected chi connectivity index (χ2v) is 6.89. The van der Waals surface area contributed by atoms with Crippen molar-refractivity contribution in [2.24, 2.45) is 0 Å². The Labute approximate surface area is 172 Å². The van der Waals surface area contributed by atoms with Gasteiger partial charge in [0.15, 0.2) is 0 Å². The van der Waals surface area contributed by atoms with E-state index in [1.54, 1.807) is 24.3 Å². The number of carbonyl (C=O) groups excluding carboxylic acids is 4. The molecule has 0 radical (unpaired) electrons. The lowest BCUT2D eigenvalue weighted by molar-refractivity contribution is -0.385. The van der Waals surface area contributed by atoms with Gasteiger partial charge < -0.3 is 0 Å². The number of hydrogen-bond donors (Lipinski definition) is 2. The molecule has 2 aromatic rings. The summed E-state index contributed by atoms with van der Waals surface area (Å²) in [7, 11) is 0. The Morgan fingerprint density at radius 2 is 1.72 bits per heavy atom. The van der Waals surface area contributed by atoms with Crippen molar-refractivity contribution >= 4 is 45.2 Å². The molecule has 2 aromatic carbocycles. The Morgan fingerprint density at radius 3 is 2.38 bits per heavy atom. The van der Waals surface area contributed by atoms with Crippen LogP contribution in [0.2, 0.25) is 0 Å². The first-order valence-corrected chi connectivity index (χ1v) is 9.07. The number of halogens is 1. The number of fused-ring (bicyclic) bond motifs is 1. The zero-order valence-electron chi connectivity index (χ0n) is 14.7. The fourth-order valence-corrected chi connectivity index (χ4v) is 3.01. The van der Waals surface area contributed by atoms with Crippen LogP contribution in [0.5, 0.6) is 0 Å². The Bertz CT molecular complexity index is 1040. The van der Waals surface area contributed by atoms with Gasteiger partial charge in [-0.1, -0.05) is 22.0 Å². The minimum absolute atomic E-state index is 0.0758. The Morgan fingerprint density at radius 1 is 1.03 bits per heavy atom. The Hall–Kier alpha value is -3.60. The van der Waals surface area contributed by atoms with E-state index < -0.39 is 34.2 Å². The highest BCUT2D eigenvalue weighted by molar-refractivity contribution is 9.10. The molecular formula is C18H13BrN4O6. The molecule has 0 fully saturated rings.